The van der Waals surface area contributed by atoms with Gasteiger partial charge in [-0.05, 0) is 49.3 Å². The van der Waals surface area contributed by atoms with E-state index in [1.165, 1.54) is 16.1 Å². The molecule has 0 spiro atoms. The summed E-state index contributed by atoms with van der Waals surface area (Å²) >= 11 is 1.79. The van der Waals surface area contributed by atoms with E-state index in [2.05, 4.69) is 34.7 Å². The molecule has 24 heavy (non-hydrogen) atoms. The largest absolute Gasteiger partial charge is 0.362 e. The predicted molar refractivity (Wildman–Crippen MR) is 98.3 cm³/mol. The van der Waals surface area contributed by atoms with E-state index in [1.54, 1.807) is 17.5 Å². The van der Waals surface area contributed by atoms with Crippen molar-refractivity contribution in [1.82, 2.24) is 15.0 Å². The molecule has 1 aliphatic rings. The maximum atomic E-state index is 4.83. The van der Waals surface area contributed by atoms with E-state index >= 15 is 0 Å². The molecule has 4 nitrogen and oxygen atoms in total. The summed E-state index contributed by atoms with van der Waals surface area (Å²) in [6.45, 7) is 2.21. The van der Waals surface area contributed by atoms with Crippen molar-refractivity contribution in [2.24, 2.45) is 0 Å². The highest BCUT2D eigenvalue weighted by Crippen LogP contribution is 2.32. The molecular weight excluding hydrogens is 316 g/mol. The molecule has 0 fully saturated rings. The van der Waals surface area contributed by atoms with Gasteiger partial charge in [0.05, 0.1) is 6.04 Å². The fourth-order valence-corrected chi connectivity index (χ4v) is 4.05. The Labute approximate surface area is 146 Å². The molecule has 3 aromatic rings. The van der Waals surface area contributed by atoms with Gasteiger partial charge in [-0.15, -0.1) is 11.3 Å². The van der Waals surface area contributed by atoms with Crippen molar-refractivity contribution in [3.05, 3.63) is 58.0 Å². The van der Waals surface area contributed by atoms with Crippen molar-refractivity contribution in [2.45, 2.75) is 38.6 Å². The van der Waals surface area contributed by atoms with Crippen molar-refractivity contribution in [1.29, 1.82) is 0 Å². The summed E-state index contributed by atoms with van der Waals surface area (Å²) in [5.41, 5.74) is 3.29. The quantitative estimate of drug-likeness (QED) is 0.737. The third-order valence-electron chi connectivity index (χ3n) is 4.43. The van der Waals surface area contributed by atoms with E-state index < -0.39 is 0 Å². The van der Waals surface area contributed by atoms with Crippen molar-refractivity contribution in [2.75, 3.05) is 5.32 Å². The second-order valence-electron chi connectivity index (χ2n) is 6.01. The van der Waals surface area contributed by atoms with E-state index in [4.69, 9.17) is 9.97 Å². The van der Waals surface area contributed by atoms with E-state index in [9.17, 15) is 0 Å². The Balaban J connectivity index is 1.73. The molecule has 1 atom stereocenters. The van der Waals surface area contributed by atoms with Gasteiger partial charge in [0.2, 0.25) is 0 Å². The molecule has 0 saturated carbocycles. The summed E-state index contributed by atoms with van der Waals surface area (Å²) in [4.78, 5) is 15.4. The zero-order chi connectivity index (χ0) is 16.4. The molecule has 5 heteroatoms. The van der Waals surface area contributed by atoms with E-state index in [-0.39, 0.29) is 0 Å². The van der Waals surface area contributed by atoms with Gasteiger partial charge in [0.15, 0.2) is 5.82 Å². The fraction of sp³-hybridized carbons (Fsp3) is 0.316. The summed E-state index contributed by atoms with van der Waals surface area (Å²) in [6.07, 6.45) is 6.06. The van der Waals surface area contributed by atoms with Gasteiger partial charge in [-0.1, -0.05) is 19.1 Å². The summed E-state index contributed by atoms with van der Waals surface area (Å²) in [7, 11) is 0. The maximum absolute atomic E-state index is 4.83. The average molecular weight is 336 g/mol. The second kappa shape index (κ2) is 6.69. The molecular formula is C19H20N4S. The number of aromatic nitrogens is 3. The van der Waals surface area contributed by atoms with Crippen LogP contribution in [-0.4, -0.2) is 15.0 Å². The molecule has 0 bridgehead atoms. The lowest BCUT2D eigenvalue weighted by Gasteiger charge is -2.19. The van der Waals surface area contributed by atoms with Crippen molar-refractivity contribution in [3.63, 3.8) is 0 Å². The number of hydrogen-bond donors (Lipinski definition) is 1. The van der Waals surface area contributed by atoms with Crippen LogP contribution >= 0.6 is 11.3 Å². The number of fused-ring (bicyclic) bond motifs is 1. The molecule has 3 aromatic heterocycles. The zero-order valence-corrected chi connectivity index (χ0v) is 14.5. The summed E-state index contributed by atoms with van der Waals surface area (Å²) in [5, 5.41) is 5.80. The van der Waals surface area contributed by atoms with Crippen molar-refractivity contribution < 1.29 is 0 Å². The van der Waals surface area contributed by atoms with Gasteiger partial charge >= 0.3 is 0 Å². The van der Waals surface area contributed by atoms with Crippen molar-refractivity contribution >= 4 is 17.2 Å². The Morgan fingerprint density at radius 1 is 1.17 bits per heavy atom. The lowest BCUT2D eigenvalue weighted by atomic mass is 10.1. The normalized spacial score (nSPS) is 14.4. The van der Waals surface area contributed by atoms with Gasteiger partial charge in [-0.25, -0.2) is 9.97 Å². The van der Waals surface area contributed by atoms with E-state index in [0.717, 1.165) is 43.0 Å². The average Bonchev–Trinajstić information content (AvgIpc) is 3.31. The minimum absolute atomic E-state index is 0.293. The van der Waals surface area contributed by atoms with Gasteiger partial charge in [0.1, 0.15) is 11.5 Å². The molecule has 122 valence electrons. The number of anilines is 1. The molecule has 0 amide bonds. The number of thiophene rings is 1. The summed E-state index contributed by atoms with van der Waals surface area (Å²) in [5.74, 6) is 1.71. The molecule has 3 heterocycles. The third-order valence-corrected chi connectivity index (χ3v) is 5.42. The van der Waals surface area contributed by atoms with Gasteiger partial charge in [-0.2, -0.15) is 0 Å². The van der Waals surface area contributed by atoms with Crippen LogP contribution in [0.2, 0.25) is 0 Å². The highest BCUT2D eigenvalue weighted by Gasteiger charge is 2.22. The Kier molecular flexibility index (Phi) is 4.26. The smallest absolute Gasteiger partial charge is 0.180 e. The molecule has 0 saturated heterocycles. The van der Waals surface area contributed by atoms with Gasteiger partial charge < -0.3 is 5.32 Å². The van der Waals surface area contributed by atoms with Crippen LogP contribution in [-0.2, 0) is 12.8 Å². The number of nitrogens with zero attached hydrogens (tertiary/aromatic N) is 3. The highest BCUT2D eigenvalue weighted by atomic mass is 32.1. The molecule has 1 unspecified atom stereocenters. The minimum atomic E-state index is 0.293. The Hall–Kier alpha value is -2.27. The molecule has 1 N–H and O–H groups in total. The number of pyridine rings is 1. The Bertz CT molecular complexity index is 815. The van der Waals surface area contributed by atoms with Crippen LogP contribution in [0.15, 0.2) is 41.9 Å². The van der Waals surface area contributed by atoms with Crippen molar-refractivity contribution in [3.8, 4) is 11.5 Å². The van der Waals surface area contributed by atoms with Crippen LogP contribution in [0, 0.1) is 0 Å². The molecule has 0 radical (unpaired) electrons. The van der Waals surface area contributed by atoms with Crippen LogP contribution in [0.1, 0.15) is 41.9 Å². The second-order valence-corrected chi connectivity index (χ2v) is 6.99. The topological polar surface area (TPSA) is 50.7 Å². The summed E-state index contributed by atoms with van der Waals surface area (Å²) in [6, 6.07) is 10.4. The van der Waals surface area contributed by atoms with E-state index in [1.807, 2.05) is 18.2 Å². The van der Waals surface area contributed by atoms with E-state index in [0.29, 0.717) is 6.04 Å². The number of aryl methyl sites for hydroxylation is 1. The lowest BCUT2D eigenvalue weighted by Crippen LogP contribution is -2.13. The van der Waals surface area contributed by atoms with Crippen LogP contribution in [0.4, 0.5) is 5.82 Å². The highest BCUT2D eigenvalue weighted by molar-refractivity contribution is 7.10. The monoisotopic (exact) mass is 336 g/mol. The van der Waals surface area contributed by atoms with Crippen LogP contribution in [0.25, 0.3) is 11.5 Å². The lowest BCUT2D eigenvalue weighted by molar-refractivity contribution is 0.755. The fourth-order valence-electron chi connectivity index (χ4n) is 3.19. The molecule has 1 aliphatic carbocycles. The van der Waals surface area contributed by atoms with Crippen LogP contribution in [0.3, 0.4) is 0 Å². The van der Waals surface area contributed by atoms with Crippen LogP contribution < -0.4 is 5.32 Å². The Morgan fingerprint density at radius 2 is 2.12 bits per heavy atom. The third kappa shape index (κ3) is 2.91. The standard InChI is InChI=1S/C19H20N4S/c1-2-14(17-10-6-12-24-17)21-18-13-7-5-9-15(13)22-19(23-18)16-8-3-4-11-20-16/h3-4,6,8,10-12,14H,2,5,7,9H2,1H3,(H,21,22,23). The number of nitrogens with one attached hydrogen (secondary N) is 1. The van der Waals surface area contributed by atoms with Gasteiger partial charge in [0, 0.05) is 22.3 Å². The zero-order valence-electron chi connectivity index (χ0n) is 13.7. The van der Waals surface area contributed by atoms with Gasteiger partial charge in [0.25, 0.3) is 0 Å². The summed E-state index contributed by atoms with van der Waals surface area (Å²) < 4.78 is 0. The number of hydrogen-bond acceptors (Lipinski definition) is 5. The SMILES string of the molecule is CCC(Nc1nc(-c2ccccn2)nc2c1CCC2)c1cccs1. The first-order valence-corrected chi connectivity index (χ1v) is 9.34. The predicted octanol–water partition coefficient (Wildman–Crippen LogP) is 4.65. The van der Waals surface area contributed by atoms with Crippen LogP contribution in [0.5, 0.6) is 0 Å². The maximum Gasteiger partial charge on any atom is 0.180 e. The molecule has 0 aliphatic heterocycles. The molecule has 4 rings (SSSR count). The minimum Gasteiger partial charge on any atom is -0.362 e. The number of rotatable bonds is 5. The van der Waals surface area contributed by atoms with Gasteiger partial charge in [-0.3, -0.25) is 4.98 Å². The Morgan fingerprint density at radius 3 is 2.88 bits per heavy atom. The first-order chi connectivity index (χ1) is 11.8. The first kappa shape index (κ1) is 15.3. The first-order valence-electron chi connectivity index (χ1n) is 8.46. The molecule has 0 aromatic carbocycles.